The lowest BCUT2D eigenvalue weighted by Crippen LogP contribution is -2.48. The fourth-order valence-electron chi connectivity index (χ4n) is 13.5. The highest BCUT2D eigenvalue weighted by atomic mass is 16.6. The molecule has 4 aliphatic rings. The van der Waals surface area contributed by atoms with Gasteiger partial charge in [-0.1, -0.05) is 74.8 Å². The van der Waals surface area contributed by atoms with Gasteiger partial charge in [-0.25, -0.2) is 0 Å². The number of carbonyl (C=O) groups excluding carboxylic acids is 10. The molecule has 714 valence electrons. The summed E-state index contributed by atoms with van der Waals surface area (Å²) in [5, 5.41) is 46.1. The second-order valence-electron chi connectivity index (χ2n) is 30.4. The van der Waals surface area contributed by atoms with E-state index in [1.54, 1.807) is 75.6 Å². The summed E-state index contributed by atoms with van der Waals surface area (Å²) in [6, 6.07) is 31.8. The molecule has 8 unspecified atom stereocenters. The second-order valence-corrected chi connectivity index (χ2v) is 30.4. The van der Waals surface area contributed by atoms with Gasteiger partial charge < -0.3 is 112 Å². The van der Waals surface area contributed by atoms with Gasteiger partial charge in [0, 0.05) is 113 Å². The van der Waals surface area contributed by atoms with Gasteiger partial charge in [0.2, 0.25) is 0 Å². The van der Waals surface area contributed by atoms with Crippen molar-refractivity contribution in [3.63, 3.8) is 0 Å². The number of ether oxygens (including phenoxy) is 14. The van der Waals surface area contributed by atoms with Crippen molar-refractivity contribution in [1.29, 1.82) is 0 Å². The van der Waals surface area contributed by atoms with Crippen LogP contribution in [0, 0.1) is 0 Å². The zero-order valence-corrected chi connectivity index (χ0v) is 74.4. The van der Waals surface area contributed by atoms with E-state index in [4.69, 9.17) is 62.6 Å². The van der Waals surface area contributed by atoms with Crippen molar-refractivity contribution >= 4 is 82.4 Å². The maximum atomic E-state index is 12.5. The van der Waals surface area contributed by atoms with Crippen molar-refractivity contribution in [3.8, 4) is 0 Å². The number of carbonyl (C=O) groups is 10. The third-order valence-electron chi connectivity index (χ3n) is 19.3. The Labute approximate surface area is 754 Å². The van der Waals surface area contributed by atoms with Crippen molar-refractivity contribution in [1.82, 2.24) is 19.6 Å². The molecule has 0 bridgehead atoms. The highest BCUT2D eigenvalue weighted by molar-refractivity contribution is 5.78. The molecule has 37 nitrogen and oxygen atoms in total. The third kappa shape index (κ3) is 44.8. The minimum absolute atomic E-state index is 0. The number of epoxide rings is 4. The van der Waals surface area contributed by atoms with Crippen LogP contribution in [-0.4, -0.2) is 352 Å². The first kappa shape index (κ1) is 106. The van der Waals surface area contributed by atoms with Crippen molar-refractivity contribution in [3.05, 3.63) is 171 Å². The second kappa shape index (κ2) is 58.6. The van der Waals surface area contributed by atoms with Crippen molar-refractivity contribution in [2.75, 3.05) is 217 Å². The summed E-state index contributed by atoms with van der Waals surface area (Å²) in [5.74, 6) is -6.32. The standard InChI is InChI=1S/C57H82N6O20.C25H30N2O4.C9H17NO4.4H2/c1-9-76-50(68)34-58(35-51(69)77-10-2)26-46(64)30-62(31-47(65)27-59(36-52(70)78-11-3)37-53(71)79-12-4)44-21-17-42(18-22-44)25-43-19-23-45(24-20-43)63(32-48(66)28-60(38-54(72)80-13-5)39-55(73)81-14-6)33-49(67)29-61(40-56(74)82-15-7)41-57(75)83-16-8;1-5-20(26(10-22-14-28-22)11-23-15-29-23)6-2-18(1)9-19-3-7-21(8-4-19)27(12-24-16-30-24)13-25-17-31-25;1-3-13-8(11)5-7(10)6-9(12)14-4-2;;;;/h9-12,17-24,46-49,64-67H,1-4,13-16,25-41H2,5-8H3;1-8,22-25H,9-17H2;7H,3-6,10H2,1-2H3;4*1H. The van der Waals surface area contributed by atoms with E-state index in [1.807, 2.05) is 24.3 Å². The fraction of sp³-hybridized carbons (Fsp3) is 0.538. The molecule has 8 atom stereocenters. The molecule has 4 aliphatic heterocycles. The maximum absolute atomic E-state index is 12.5. The Hall–Kier alpha value is -10.8. The van der Waals surface area contributed by atoms with E-state index >= 15 is 0 Å². The number of aliphatic hydroxyl groups is 4. The number of hydrogen-bond acceptors (Lipinski definition) is 37. The van der Waals surface area contributed by atoms with Crippen LogP contribution in [0.25, 0.3) is 0 Å². The van der Waals surface area contributed by atoms with E-state index in [-0.39, 0.29) is 135 Å². The minimum Gasteiger partial charge on any atom is -0.466 e. The van der Waals surface area contributed by atoms with Crippen LogP contribution >= 0.6 is 0 Å². The Morgan fingerprint density at radius 1 is 0.328 bits per heavy atom. The Morgan fingerprint density at radius 3 is 0.703 bits per heavy atom. The monoisotopic (exact) mass is 1800 g/mol. The van der Waals surface area contributed by atoms with Crippen LogP contribution < -0.4 is 25.3 Å². The van der Waals surface area contributed by atoms with E-state index in [2.05, 4.69) is 94.1 Å². The van der Waals surface area contributed by atoms with E-state index in [0.717, 1.165) is 95.2 Å². The summed E-state index contributed by atoms with van der Waals surface area (Å²) >= 11 is 0. The SMILES string of the molecule is C=COC(=O)CN(CC(=O)OC=C)CC(O)CN(CC(O)CN(CC(=O)OC=C)CC(=O)OC=C)c1ccc(Cc2ccc(N(CC(O)CN(CC(=O)OCC)CC(=O)OCC)CC(O)CN(CC(=O)OCC)CC(=O)OCC)cc2)cc1.CCOC(=O)CC(N)CC(=O)OCC.[HH].[HH].[HH].[HH].c1cc(N(CC2CO2)CC2CO2)ccc1Cc1ccc(N(CC2CO2)CC2CO2)cc1. The van der Waals surface area contributed by atoms with Gasteiger partial charge in [-0.3, -0.25) is 67.5 Å². The van der Waals surface area contributed by atoms with E-state index in [0.29, 0.717) is 55.4 Å². The van der Waals surface area contributed by atoms with Gasteiger partial charge in [0.15, 0.2) is 0 Å². The van der Waals surface area contributed by atoms with Crippen LogP contribution in [0.1, 0.15) is 82.3 Å². The summed E-state index contributed by atoms with van der Waals surface area (Å²) in [6.07, 6.45) is 1.65. The molecule has 8 rings (SSSR count). The number of nitrogens with zero attached hydrogens (tertiary/aromatic N) is 8. The molecule has 4 saturated heterocycles. The quantitative estimate of drug-likeness (QED) is 0.0179. The smallest absolute Gasteiger partial charge is 0.324 e. The lowest BCUT2D eigenvalue weighted by molar-refractivity contribution is -0.150. The predicted octanol–water partition coefficient (Wildman–Crippen LogP) is 4.23. The van der Waals surface area contributed by atoms with Gasteiger partial charge in [0.25, 0.3) is 0 Å². The molecule has 4 fully saturated rings. The van der Waals surface area contributed by atoms with Crippen LogP contribution in [-0.2, 0) is 127 Å². The molecule has 0 aromatic heterocycles. The molecule has 128 heavy (non-hydrogen) atoms. The summed E-state index contributed by atoms with van der Waals surface area (Å²) < 4.78 is 70.9. The number of nitrogens with two attached hydrogens (primary N) is 1. The largest absolute Gasteiger partial charge is 0.466 e. The summed E-state index contributed by atoms with van der Waals surface area (Å²) in [6.45, 7) is 27.3. The summed E-state index contributed by atoms with van der Waals surface area (Å²) in [7, 11) is 0. The molecule has 0 spiro atoms. The Bertz CT molecular complexity index is 3780. The van der Waals surface area contributed by atoms with Crippen molar-refractivity contribution in [2.24, 2.45) is 5.73 Å². The van der Waals surface area contributed by atoms with Gasteiger partial charge in [-0.15, -0.1) is 0 Å². The summed E-state index contributed by atoms with van der Waals surface area (Å²) in [4.78, 5) is 135. The van der Waals surface area contributed by atoms with Gasteiger partial charge in [-0.2, -0.15) is 0 Å². The van der Waals surface area contributed by atoms with Crippen LogP contribution in [0.3, 0.4) is 0 Å². The summed E-state index contributed by atoms with van der Waals surface area (Å²) in [5.41, 5.74) is 13.4. The number of benzene rings is 4. The average molecular weight is 1810 g/mol. The average Bonchev–Trinajstić information content (AvgIpc) is 1.18. The molecule has 0 aliphatic carbocycles. The molecule has 4 aromatic carbocycles. The van der Waals surface area contributed by atoms with E-state index < -0.39 is 104 Å². The van der Waals surface area contributed by atoms with Crippen LogP contribution in [0.5, 0.6) is 0 Å². The van der Waals surface area contributed by atoms with Gasteiger partial charge >= 0.3 is 59.7 Å². The third-order valence-corrected chi connectivity index (χ3v) is 19.3. The highest BCUT2D eigenvalue weighted by Crippen LogP contribution is 2.28. The Kier molecular flexibility index (Phi) is 48.6. The van der Waals surface area contributed by atoms with Crippen molar-refractivity contribution < 1.29 is 140 Å². The molecular formula is C91H137N9O28. The van der Waals surface area contributed by atoms with Crippen LogP contribution in [0.4, 0.5) is 22.7 Å². The van der Waals surface area contributed by atoms with Gasteiger partial charge in [0.05, 0.1) is 205 Å². The molecular weight excluding hydrogens is 1670 g/mol. The molecule has 0 amide bonds. The fourth-order valence-corrected chi connectivity index (χ4v) is 13.5. The molecule has 0 saturated carbocycles. The lowest BCUT2D eigenvalue weighted by Gasteiger charge is -2.33. The van der Waals surface area contributed by atoms with E-state index in [1.165, 1.54) is 42.1 Å². The normalized spacial score (nSPS) is 15.9. The van der Waals surface area contributed by atoms with Crippen LogP contribution in [0.2, 0.25) is 0 Å². The number of anilines is 4. The first-order valence-electron chi connectivity index (χ1n) is 42.9. The molecule has 4 aromatic rings. The van der Waals surface area contributed by atoms with Gasteiger partial charge in [-0.05, 0) is 125 Å². The first-order chi connectivity index (χ1) is 61.5. The number of aliphatic hydroxyl groups excluding tert-OH is 4. The van der Waals surface area contributed by atoms with Gasteiger partial charge in [0.1, 0.15) is 0 Å². The number of rotatable bonds is 62. The molecule has 4 heterocycles. The van der Waals surface area contributed by atoms with Crippen LogP contribution in [0.15, 0.2) is 148 Å². The number of hydrogen-bond donors (Lipinski definition) is 5. The Balaban J connectivity index is 0.000000967. The lowest BCUT2D eigenvalue weighted by atomic mass is 10.0. The molecule has 0 radical (unpaired) electrons. The van der Waals surface area contributed by atoms with Crippen molar-refractivity contribution in [2.45, 2.75) is 122 Å². The Morgan fingerprint density at radius 2 is 0.516 bits per heavy atom. The number of esters is 10. The molecule has 6 N–H and O–H groups in total. The maximum Gasteiger partial charge on any atom is 0.324 e. The zero-order valence-electron chi connectivity index (χ0n) is 74.4. The topological polar surface area (TPSA) is 446 Å². The van der Waals surface area contributed by atoms with E-state index in [9.17, 15) is 68.4 Å². The first-order valence-corrected chi connectivity index (χ1v) is 42.9. The zero-order chi connectivity index (χ0) is 93.3. The predicted molar refractivity (Wildman–Crippen MR) is 480 cm³/mol. The minimum atomic E-state index is -1.28. The highest BCUT2D eigenvalue weighted by Gasteiger charge is 2.34. The molecule has 37 heteroatoms.